The first-order chi connectivity index (χ1) is 8.66. The summed E-state index contributed by atoms with van der Waals surface area (Å²) < 4.78 is 1.90. The number of aliphatic hydroxyl groups excluding tert-OH is 1. The highest BCUT2D eigenvalue weighted by atomic mass is 16.3. The average molecular weight is 252 g/mol. The molecular weight excluding hydrogens is 228 g/mol. The van der Waals surface area contributed by atoms with Crippen molar-refractivity contribution in [3.8, 4) is 0 Å². The molecule has 0 amide bonds. The summed E-state index contributed by atoms with van der Waals surface area (Å²) in [6.07, 6.45) is 7.62. The summed E-state index contributed by atoms with van der Waals surface area (Å²) in [5.74, 6) is 1.63. The van der Waals surface area contributed by atoms with E-state index in [2.05, 4.69) is 15.5 Å². The molecule has 2 N–H and O–H groups in total. The maximum atomic E-state index is 10.0. The number of nitrogens with one attached hydrogen (secondary N) is 1. The Hall–Kier alpha value is -0.940. The third-order valence-electron chi connectivity index (χ3n) is 3.87. The largest absolute Gasteiger partial charge is 0.392 e. The minimum atomic E-state index is -0.247. The van der Waals surface area contributed by atoms with Crippen LogP contribution in [-0.2, 0) is 7.05 Å². The van der Waals surface area contributed by atoms with Crippen molar-refractivity contribution in [2.75, 3.05) is 6.54 Å². The van der Waals surface area contributed by atoms with Crippen LogP contribution in [0.3, 0.4) is 0 Å². The maximum absolute atomic E-state index is 10.0. The number of rotatable bonds is 6. The summed E-state index contributed by atoms with van der Waals surface area (Å²) in [4.78, 5) is 0. The van der Waals surface area contributed by atoms with Gasteiger partial charge in [0.1, 0.15) is 12.2 Å². The summed E-state index contributed by atoms with van der Waals surface area (Å²) in [6.45, 7) is 2.68. The number of aromatic nitrogens is 3. The summed E-state index contributed by atoms with van der Waals surface area (Å²) >= 11 is 0. The molecule has 2 rings (SSSR count). The lowest BCUT2D eigenvalue weighted by Gasteiger charge is -2.18. The third-order valence-corrected chi connectivity index (χ3v) is 3.87. The van der Waals surface area contributed by atoms with Crippen LogP contribution < -0.4 is 5.32 Å². The fraction of sp³-hybridized carbons (Fsp3) is 0.846. The van der Waals surface area contributed by atoms with E-state index in [0.29, 0.717) is 6.54 Å². The Bertz CT molecular complexity index is 360. The number of aryl methyl sites for hydroxylation is 1. The second-order valence-electron chi connectivity index (χ2n) is 5.47. The van der Waals surface area contributed by atoms with Gasteiger partial charge in [-0.2, -0.15) is 0 Å². The van der Waals surface area contributed by atoms with Gasteiger partial charge in [-0.05, 0) is 19.3 Å². The van der Waals surface area contributed by atoms with Gasteiger partial charge in [-0.15, -0.1) is 10.2 Å². The number of hydrogen-bond donors (Lipinski definition) is 2. The van der Waals surface area contributed by atoms with Gasteiger partial charge in [0.25, 0.3) is 0 Å². The van der Waals surface area contributed by atoms with E-state index in [0.717, 1.165) is 18.2 Å². The van der Waals surface area contributed by atoms with Crippen LogP contribution in [0, 0.1) is 5.92 Å². The number of nitrogens with zero attached hydrogens (tertiary/aromatic N) is 3. The summed E-state index contributed by atoms with van der Waals surface area (Å²) in [6, 6.07) is 0.121. The standard InChI is InChI=1S/C13H24N4O/c1-10(13-16-15-9-17(13)2)14-8-12(18)7-11-5-3-4-6-11/h9-12,14,18H,3-8H2,1-2H3. The minimum absolute atomic E-state index is 0.121. The fourth-order valence-electron chi connectivity index (χ4n) is 2.80. The highest BCUT2D eigenvalue weighted by Crippen LogP contribution is 2.28. The lowest BCUT2D eigenvalue weighted by Crippen LogP contribution is -2.31. The summed E-state index contributed by atoms with van der Waals surface area (Å²) in [5, 5.41) is 21.3. The van der Waals surface area contributed by atoms with Gasteiger partial charge in [-0.25, -0.2) is 0 Å². The smallest absolute Gasteiger partial charge is 0.149 e. The van der Waals surface area contributed by atoms with Crippen molar-refractivity contribution < 1.29 is 5.11 Å². The zero-order valence-electron chi connectivity index (χ0n) is 11.3. The van der Waals surface area contributed by atoms with Crippen molar-refractivity contribution in [1.82, 2.24) is 20.1 Å². The first-order valence-corrected chi connectivity index (χ1v) is 6.92. The summed E-state index contributed by atoms with van der Waals surface area (Å²) in [5.41, 5.74) is 0. The molecule has 0 radical (unpaired) electrons. The van der Waals surface area contributed by atoms with Gasteiger partial charge >= 0.3 is 0 Å². The first kappa shape index (κ1) is 13.5. The van der Waals surface area contributed by atoms with Crippen LogP contribution >= 0.6 is 0 Å². The van der Waals surface area contributed by atoms with E-state index in [1.165, 1.54) is 25.7 Å². The van der Waals surface area contributed by atoms with Crippen LogP contribution in [0.4, 0.5) is 0 Å². The van der Waals surface area contributed by atoms with Crippen molar-refractivity contribution in [3.05, 3.63) is 12.2 Å². The Kier molecular flexibility index (Phi) is 4.72. The van der Waals surface area contributed by atoms with E-state index < -0.39 is 0 Å². The molecule has 1 aliphatic carbocycles. The SMILES string of the molecule is CC(NCC(O)CC1CCCC1)c1nncn1C. The molecule has 1 heterocycles. The molecule has 1 saturated carbocycles. The van der Waals surface area contributed by atoms with E-state index in [9.17, 15) is 5.11 Å². The van der Waals surface area contributed by atoms with Crippen LogP contribution in [0.5, 0.6) is 0 Å². The van der Waals surface area contributed by atoms with Gasteiger partial charge in [0.15, 0.2) is 0 Å². The molecule has 2 atom stereocenters. The fourth-order valence-corrected chi connectivity index (χ4v) is 2.80. The Balaban J connectivity index is 1.72. The van der Waals surface area contributed by atoms with Gasteiger partial charge in [0.05, 0.1) is 12.1 Å². The molecule has 1 aromatic rings. The molecule has 5 heteroatoms. The molecule has 18 heavy (non-hydrogen) atoms. The zero-order chi connectivity index (χ0) is 13.0. The van der Waals surface area contributed by atoms with Crippen LogP contribution in [0.25, 0.3) is 0 Å². The second kappa shape index (κ2) is 6.29. The van der Waals surface area contributed by atoms with Gasteiger partial charge in [0.2, 0.25) is 0 Å². The second-order valence-corrected chi connectivity index (χ2v) is 5.47. The number of hydrogen-bond acceptors (Lipinski definition) is 4. The predicted octanol–water partition coefficient (Wildman–Crippen LogP) is 1.41. The minimum Gasteiger partial charge on any atom is -0.392 e. The Morgan fingerprint density at radius 1 is 1.50 bits per heavy atom. The van der Waals surface area contributed by atoms with Crippen LogP contribution in [0.15, 0.2) is 6.33 Å². The highest BCUT2D eigenvalue weighted by molar-refractivity contribution is 4.92. The van der Waals surface area contributed by atoms with Crippen molar-refractivity contribution in [3.63, 3.8) is 0 Å². The molecule has 1 aromatic heterocycles. The van der Waals surface area contributed by atoms with Crippen molar-refractivity contribution in [2.45, 2.75) is 51.2 Å². The molecular formula is C13H24N4O. The molecule has 0 aromatic carbocycles. The molecule has 0 aliphatic heterocycles. The third kappa shape index (κ3) is 3.53. The van der Waals surface area contributed by atoms with Gasteiger partial charge in [-0.3, -0.25) is 0 Å². The number of aliphatic hydroxyl groups is 1. The van der Waals surface area contributed by atoms with Crippen molar-refractivity contribution >= 4 is 0 Å². The Labute approximate surface area is 109 Å². The highest BCUT2D eigenvalue weighted by Gasteiger charge is 2.19. The molecule has 102 valence electrons. The molecule has 0 saturated heterocycles. The molecule has 1 fully saturated rings. The molecule has 5 nitrogen and oxygen atoms in total. The maximum Gasteiger partial charge on any atom is 0.149 e. The van der Waals surface area contributed by atoms with E-state index in [4.69, 9.17) is 0 Å². The van der Waals surface area contributed by atoms with Gasteiger partial charge < -0.3 is 15.0 Å². The lowest BCUT2D eigenvalue weighted by molar-refractivity contribution is 0.137. The molecule has 2 unspecified atom stereocenters. The quantitative estimate of drug-likeness (QED) is 0.803. The van der Waals surface area contributed by atoms with E-state index in [-0.39, 0.29) is 12.1 Å². The van der Waals surface area contributed by atoms with Crippen LogP contribution in [0.1, 0.15) is 50.9 Å². The monoisotopic (exact) mass is 252 g/mol. The first-order valence-electron chi connectivity index (χ1n) is 6.92. The van der Waals surface area contributed by atoms with Crippen molar-refractivity contribution in [1.29, 1.82) is 0 Å². The molecule has 0 bridgehead atoms. The molecule has 1 aliphatic rings. The van der Waals surface area contributed by atoms with Gasteiger partial charge in [0, 0.05) is 13.6 Å². The van der Waals surface area contributed by atoms with E-state index in [1.807, 2.05) is 18.5 Å². The molecule has 0 spiro atoms. The topological polar surface area (TPSA) is 63.0 Å². The Morgan fingerprint density at radius 3 is 2.83 bits per heavy atom. The van der Waals surface area contributed by atoms with Crippen LogP contribution in [0.2, 0.25) is 0 Å². The van der Waals surface area contributed by atoms with E-state index >= 15 is 0 Å². The van der Waals surface area contributed by atoms with Gasteiger partial charge in [-0.1, -0.05) is 25.7 Å². The Morgan fingerprint density at radius 2 is 2.22 bits per heavy atom. The van der Waals surface area contributed by atoms with E-state index in [1.54, 1.807) is 6.33 Å². The summed E-state index contributed by atoms with van der Waals surface area (Å²) in [7, 11) is 1.93. The van der Waals surface area contributed by atoms with Crippen LogP contribution in [-0.4, -0.2) is 32.5 Å². The average Bonchev–Trinajstić information content (AvgIpc) is 2.97. The lowest BCUT2D eigenvalue weighted by atomic mass is 10.00. The predicted molar refractivity (Wildman–Crippen MR) is 70.0 cm³/mol. The van der Waals surface area contributed by atoms with Crippen molar-refractivity contribution in [2.24, 2.45) is 13.0 Å². The zero-order valence-corrected chi connectivity index (χ0v) is 11.3. The normalized spacial score (nSPS) is 20.2.